The van der Waals surface area contributed by atoms with Gasteiger partial charge in [-0.2, -0.15) is 0 Å². The Morgan fingerprint density at radius 2 is 1.73 bits per heavy atom. The van der Waals surface area contributed by atoms with Gasteiger partial charge in [-0.25, -0.2) is 0 Å². The van der Waals surface area contributed by atoms with Gasteiger partial charge in [-0.3, -0.25) is 0 Å². The molecule has 11 heavy (non-hydrogen) atoms. The first kappa shape index (κ1) is 10.2. The highest BCUT2D eigenvalue weighted by atomic mass is 14.5. The van der Waals surface area contributed by atoms with Crippen LogP contribution in [0.2, 0.25) is 0 Å². The maximum Gasteiger partial charge on any atom is 0.0180 e. The van der Waals surface area contributed by atoms with Crippen molar-refractivity contribution in [2.45, 2.75) is 20.8 Å². The van der Waals surface area contributed by atoms with Crippen molar-refractivity contribution in [3.63, 3.8) is 0 Å². The molecule has 0 atom stereocenters. The lowest BCUT2D eigenvalue weighted by Gasteiger charge is -1.99. The average molecular weight is 151 g/mol. The van der Waals surface area contributed by atoms with Crippen molar-refractivity contribution in [2.24, 2.45) is 5.73 Å². The Hall–Kier alpha value is -0.820. The summed E-state index contributed by atoms with van der Waals surface area (Å²) in [6.45, 7) is 6.69. The van der Waals surface area contributed by atoms with Gasteiger partial charge in [0, 0.05) is 6.54 Å². The second-order valence-electron chi connectivity index (χ2n) is 2.41. The third-order valence-corrected chi connectivity index (χ3v) is 1.51. The molecule has 0 aliphatic carbocycles. The third kappa shape index (κ3) is 3.79. The molecule has 0 radical (unpaired) electrons. The summed E-state index contributed by atoms with van der Waals surface area (Å²) >= 11 is 0. The lowest BCUT2D eigenvalue weighted by Crippen LogP contribution is -2.02. The molecular formula is C10H17N. The monoisotopic (exact) mass is 151 g/mol. The van der Waals surface area contributed by atoms with Crippen molar-refractivity contribution >= 4 is 0 Å². The first-order valence-corrected chi connectivity index (χ1v) is 3.91. The number of hydrogen-bond donors (Lipinski definition) is 1. The molecule has 0 amide bonds. The Bertz CT molecular complexity index is 185. The number of hydrogen-bond acceptors (Lipinski definition) is 1. The van der Waals surface area contributed by atoms with Gasteiger partial charge in [-0.1, -0.05) is 24.3 Å². The van der Waals surface area contributed by atoms with Crippen molar-refractivity contribution in [3.05, 3.63) is 35.5 Å². The molecule has 0 aromatic carbocycles. The molecule has 0 spiro atoms. The highest BCUT2D eigenvalue weighted by Gasteiger charge is 1.90. The highest BCUT2D eigenvalue weighted by Crippen LogP contribution is 2.05. The molecule has 0 unspecified atom stereocenters. The van der Waals surface area contributed by atoms with Crippen molar-refractivity contribution in [3.8, 4) is 0 Å². The van der Waals surface area contributed by atoms with Crippen LogP contribution >= 0.6 is 0 Å². The third-order valence-electron chi connectivity index (χ3n) is 1.51. The van der Waals surface area contributed by atoms with E-state index < -0.39 is 0 Å². The minimum Gasteiger partial charge on any atom is -0.326 e. The summed E-state index contributed by atoms with van der Waals surface area (Å²) in [5, 5.41) is 0. The minimum absolute atomic E-state index is 0.612. The molecule has 0 aromatic heterocycles. The molecule has 0 aromatic rings. The summed E-state index contributed by atoms with van der Waals surface area (Å²) < 4.78 is 0. The van der Waals surface area contributed by atoms with E-state index in [9.17, 15) is 0 Å². The van der Waals surface area contributed by atoms with Crippen LogP contribution in [0.4, 0.5) is 0 Å². The fourth-order valence-electron chi connectivity index (χ4n) is 0.919. The van der Waals surface area contributed by atoms with Crippen molar-refractivity contribution < 1.29 is 0 Å². The summed E-state index contributed by atoms with van der Waals surface area (Å²) in [5.41, 5.74) is 7.99. The van der Waals surface area contributed by atoms with Crippen molar-refractivity contribution in [1.29, 1.82) is 0 Å². The molecule has 62 valence electrons. The molecular weight excluding hydrogens is 134 g/mol. The number of rotatable bonds is 3. The Balaban J connectivity index is 4.52. The molecule has 0 saturated heterocycles. The maximum absolute atomic E-state index is 5.55. The van der Waals surface area contributed by atoms with Crippen molar-refractivity contribution in [1.82, 2.24) is 0 Å². The summed E-state index contributed by atoms with van der Waals surface area (Å²) in [7, 11) is 0. The smallest absolute Gasteiger partial charge is 0.0180 e. The largest absolute Gasteiger partial charge is 0.326 e. The molecule has 0 bridgehead atoms. The molecule has 2 N–H and O–H groups in total. The second kappa shape index (κ2) is 5.93. The summed E-state index contributed by atoms with van der Waals surface area (Å²) in [6, 6.07) is 0. The van der Waals surface area contributed by atoms with Crippen LogP contribution < -0.4 is 5.73 Å². The van der Waals surface area contributed by atoms with Crippen LogP contribution in [0.15, 0.2) is 35.5 Å². The zero-order chi connectivity index (χ0) is 8.69. The first-order chi connectivity index (χ1) is 5.26. The van der Waals surface area contributed by atoms with Crippen LogP contribution in [0.5, 0.6) is 0 Å². The molecule has 1 nitrogen and oxygen atoms in total. The minimum atomic E-state index is 0.612. The fraction of sp³-hybridized carbons (Fsp3) is 0.400. The molecule has 0 heterocycles. The van der Waals surface area contributed by atoms with Crippen molar-refractivity contribution in [2.75, 3.05) is 6.54 Å². The first-order valence-electron chi connectivity index (χ1n) is 3.91. The molecule has 0 aliphatic heterocycles. The summed E-state index contributed by atoms with van der Waals surface area (Å²) in [6.07, 6.45) is 8.15. The van der Waals surface area contributed by atoms with E-state index in [0.717, 1.165) is 0 Å². The van der Waals surface area contributed by atoms with E-state index in [1.54, 1.807) is 0 Å². The molecule has 0 saturated carbocycles. The van der Waals surface area contributed by atoms with Crippen LogP contribution in [0.1, 0.15) is 20.8 Å². The molecule has 0 rings (SSSR count). The van der Waals surface area contributed by atoms with Gasteiger partial charge in [0.05, 0.1) is 0 Å². The van der Waals surface area contributed by atoms with E-state index in [1.165, 1.54) is 11.1 Å². The lowest BCUT2D eigenvalue weighted by atomic mass is 10.1. The molecule has 0 fully saturated rings. The Morgan fingerprint density at radius 1 is 1.18 bits per heavy atom. The van der Waals surface area contributed by atoms with E-state index in [1.807, 2.05) is 26.0 Å². The van der Waals surface area contributed by atoms with Gasteiger partial charge >= 0.3 is 0 Å². The zero-order valence-corrected chi connectivity index (χ0v) is 7.59. The number of nitrogens with two attached hydrogens (primary N) is 1. The summed E-state index contributed by atoms with van der Waals surface area (Å²) in [5.74, 6) is 0. The molecule has 1 heteroatoms. The van der Waals surface area contributed by atoms with E-state index in [-0.39, 0.29) is 0 Å². The Morgan fingerprint density at radius 3 is 2.09 bits per heavy atom. The van der Waals surface area contributed by atoms with Crippen LogP contribution in [-0.2, 0) is 0 Å². The Labute approximate surface area is 69.3 Å². The number of allylic oxidation sites excluding steroid dienone is 4. The van der Waals surface area contributed by atoms with E-state index >= 15 is 0 Å². The predicted octanol–water partition coefficient (Wildman–Crippen LogP) is 2.41. The van der Waals surface area contributed by atoms with E-state index in [4.69, 9.17) is 5.73 Å². The second-order valence-corrected chi connectivity index (χ2v) is 2.41. The quantitative estimate of drug-likeness (QED) is 0.616. The van der Waals surface area contributed by atoms with Gasteiger partial charge < -0.3 is 5.73 Å². The van der Waals surface area contributed by atoms with Crippen LogP contribution in [0.25, 0.3) is 0 Å². The lowest BCUT2D eigenvalue weighted by molar-refractivity contribution is 1.15. The highest BCUT2D eigenvalue weighted by molar-refractivity contribution is 5.32. The fourth-order valence-corrected chi connectivity index (χ4v) is 0.919. The topological polar surface area (TPSA) is 26.0 Å². The standard InChI is InChI=1S/C10H17N/c1-4-6-9(3)10(8-11)7-5-2/h4-7H,8,11H2,1-3H3/b6-4-,7-5-,10-9-. The normalized spacial score (nSPS) is 14.5. The van der Waals surface area contributed by atoms with Crippen LogP contribution in [0, 0.1) is 0 Å². The van der Waals surface area contributed by atoms with Gasteiger partial charge in [0.15, 0.2) is 0 Å². The van der Waals surface area contributed by atoms with Crippen LogP contribution in [0.3, 0.4) is 0 Å². The van der Waals surface area contributed by atoms with Gasteiger partial charge in [-0.15, -0.1) is 0 Å². The van der Waals surface area contributed by atoms with Gasteiger partial charge in [0.2, 0.25) is 0 Å². The van der Waals surface area contributed by atoms with Gasteiger partial charge in [-0.05, 0) is 31.9 Å². The van der Waals surface area contributed by atoms with Gasteiger partial charge in [0.25, 0.3) is 0 Å². The predicted molar refractivity (Wildman–Crippen MR) is 51.4 cm³/mol. The summed E-state index contributed by atoms with van der Waals surface area (Å²) in [4.78, 5) is 0. The maximum atomic E-state index is 5.55. The average Bonchev–Trinajstić information content (AvgIpc) is 2.00. The zero-order valence-electron chi connectivity index (χ0n) is 7.59. The SMILES string of the molecule is C\C=C/C(C)=C(/C=C\C)CN. The van der Waals surface area contributed by atoms with E-state index in [0.29, 0.717) is 6.54 Å². The van der Waals surface area contributed by atoms with E-state index in [2.05, 4.69) is 19.1 Å². The Kier molecular flexibility index (Phi) is 5.49. The molecule has 0 aliphatic rings. The van der Waals surface area contributed by atoms with Crippen LogP contribution in [-0.4, -0.2) is 6.54 Å². The van der Waals surface area contributed by atoms with Gasteiger partial charge in [0.1, 0.15) is 0 Å².